The van der Waals surface area contributed by atoms with Crippen molar-refractivity contribution in [1.82, 2.24) is 5.32 Å². The number of carbonyl (C=O) groups is 1. The maximum absolute atomic E-state index is 12.6. The lowest BCUT2D eigenvalue weighted by molar-refractivity contribution is -0.124. The van der Waals surface area contributed by atoms with E-state index in [0.717, 1.165) is 44.9 Å². The highest BCUT2D eigenvalue weighted by molar-refractivity contribution is 7.47. The average molecular weight is 629 g/mol. The number of aliphatic hydroxyl groups is 2. The van der Waals surface area contributed by atoms with E-state index in [1.807, 2.05) is 0 Å². The molecule has 4 atom stereocenters. The van der Waals surface area contributed by atoms with Gasteiger partial charge in [0.15, 0.2) is 0 Å². The molecule has 9 nitrogen and oxygen atoms in total. The highest BCUT2D eigenvalue weighted by Gasteiger charge is 2.27. The second-order valence-corrected chi connectivity index (χ2v) is 12.3. The summed E-state index contributed by atoms with van der Waals surface area (Å²) in [5.74, 6) is -0.483. The molecule has 10 heteroatoms. The SMILES string of the molecule is CC/C=C/CC/C=C/CC/C=C/C(O)C(COP(=O)(O)OCCN)NC(=O)CC(O)CCC/C=C\CCCCCCCC. The van der Waals surface area contributed by atoms with Crippen molar-refractivity contribution in [3.63, 3.8) is 0 Å². The van der Waals surface area contributed by atoms with Gasteiger partial charge in [-0.2, -0.15) is 0 Å². The number of aliphatic hydroxyl groups excluding tert-OH is 2. The zero-order valence-corrected chi connectivity index (χ0v) is 27.7. The van der Waals surface area contributed by atoms with Crippen LogP contribution in [0.5, 0.6) is 0 Å². The summed E-state index contributed by atoms with van der Waals surface area (Å²) < 4.78 is 21.8. The van der Waals surface area contributed by atoms with Crippen molar-refractivity contribution in [2.45, 2.75) is 135 Å². The molecule has 0 aliphatic heterocycles. The molecule has 0 aliphatic rings. The molecule has 0 saturated heterocycles. The van der Waals surface area contributed by atoms with Crippen LogP contribution in [0.3, 0.4) is 0 Å². The first-order valence-electron chi connectivity index (χ1n) is 16.3. The zero-order chi connectivity index (χ0) is 32.0. The van der Waals surface area contributed by atoms with Gasteiger partial charge in [-0.3, -0.25) is 13.8 Å². The molecule has 0 aromatic heterocycles. The van der Waals surface area contributed by atoms with Crippen molar-refractivity contribution >= 4 is 13.7 Å². The first kappa shape index (κ1) is 41.4. The Balaban J connectivity index is 4.65. The number of allylic oxidation sites excluding steroid dienone is 7. The molecule has 0 spiro atoms. The zero-order valence-electron chi connectivity index (χ0n) is 26.8. The first-order valence-corrected chi connectivity index (χ1v) is 17.8. The average Bonchev–Trinajstić information content (AvgIpc) is 2.97. The highest BCUT2D eigenvalue weighted by atomic mass is 31.2. The van der Waals surface area contributed by atoms with Crippen LogP contribution >= 0.6 is 7.82 Å². The third-order valence-corrected chi connectivity index (χ3v) is 7.65. The van der Waals surface area contributed by atoms with Gasteiger partial charge in [0, 0.05) is 6.54 Å². The van der Waals surface area contributed by atoms with E-state index >= 15 is 0 Å². The minimum absolute atomic E-state index is 0.0378. The summed E-state index contributed by atoms with van der Waals surface area (Å²) >= 11 is 0. The molecule has 0 aliphatic carbocycles. The minimum atomic E-state index is -4.40. The molecule has 4 unspecified atom stereocenters. The molecule has 0 rings (SSSR count). The standard InChI is InChI=1S/C33H61N2O7P/c1-3-5-7-9-11-13-15-16-18-20-22-24-30(36)28-33(38)35-31(29-42-43(39,40)41-27-26-34)32(37)25-23-21-19-17-14-12-10-8-6-4-2/h6,8,14,16-18,23,25,30-32,36-37H,3-5,7,9-13,15,19-22,24,26-29,34H2,1-2H3,(H,35,38)(H,39,40)/b8-6+,17-14+,18-16-,25-23+. The summed E-state index contributed by atoms with van der Waals surface area (Å²) in [6, 6.07) is -1.01. The third kappa shape index (κ3) is 27.7. The van der Waals surface area contributed by atoms with Crippen molar-refractivity contribution < 1.29 is 33.5 Å². The van der Waals surface area contributed by atoms with E-state index in [1.165, 1.54) is 44.6 Å². The Morgan fingerprint density at radius 2 is 1.40 bits per heavy atom. The van der Waals surface area contributed by atoms with Crippen LogP contribution in [0, 0.1) is 0 Å². The third-order valence-electron chi connectivity index (χ3n) is 6.67. The number of nitrogens with one attached hydrogen (secondary N) is 1. The van der Waals surface area contributed by atoms with Gasteiger partial charge in [-0.25, -0.2) is 4.57 Å². The smallest absolute Gasteiger partial charge is 0.393 e. The van der Waals surface area contributed by atoms with E-state index in [1.54, 1.807) is 6.08 Å². The van der Waals surface area contributed by atoms with Crippen LogP contribution in [-0.4, -0.2) is 59.0 Å². The number of phosphoric acid groups is 1. The lowest BCUT2D eigenvalue weighted by Gasteiger charge is -2.24. The normalized spacial score (nSPS) is 16.0. The summed E-state index contributed by atoms with van der Waals surface area (Å²) in [5.41, 5.74) is 5.31. The Labute approximate surface area is 261 Å². The number of phosphoric ester groups is 1. The van der Waals surface area contributed by atoms with Gasteiger partial charge in [0.1, 0.15) is 0 Å². The molecule has 0 aromatic rings. The number of carbonyl (C=O) groups excluding carboxylic acids is 1. The van der Waals surface area contributed by atoms with Crippen LogP contribution in [-0.2, 0) is 18.4 Å². The van der Waals surface area contributed by atoms with E-state index in [-0.39, 0.29) is 19.6 Å². The van der Waals surface area contributed by atoms with E-state index in [9.17, 15) is 24.5 Å². The molecule has 1 amide bonds. The second kappa shape index (κ2) is 29.1. The number of amides is 1. The number of rotatable bonds is 29. The number of nitrogens with two attached hydrogens (primary N) is 1. The number of hydrogen-bond donors (Lipinski definition) is 5. The van der Waals surface area contributed by atoms with Crippen molar-refractivity contribution in [2.75, 3.05) is 19.8 Å². The van der Waals surface area contributed by atoms with Gasteiger partial charge < -0.3 is 26.2 Å². The van der Waals surface area contributed by atoms with Crippen LogP contribution in [0.25, 0.3) is 0 Å². The Bertz CT molecular complexity index is 832. The molecular formula is C33H61N2O7P. The fraction of sp³-hybridized carbons (Fsp3) is 0.727. The summed E-state index contributed by atoms with van der Waals surface area (Å²) in [5, 5.41) is 23.7. The Morgan fingerprint density at radius 3 is 2.05 bits per heavy atom. The molecule has 0 radical (unpaired) electrons. The Morgan fingerprint density at radius 1 is 0.814 bits per heavy atom. The van der Waals surface area contributed by atoms with Crippen molar-refractivity contribution in [3.8, 4) is 0 Å². The van der Waals surface area contributed by atoms with E-state index < -0.39 is 38.6 Å². The van der Waals surface area contributed by atoms with Crippen molar-refractivity contribution in [2.24, 2.45) is 5.73 Å². The number of unbranched alkanes of at least 4 members (excludes halogenated alkanes) is 9. The van der Waals surface area contributed by atoms with Crippen LogP contribution in [0.4, 0.5) is 0 Å². The highest BCUT2D eigenvalue weighted by Crippen LogP contribution is 2.43. The van der Waals surface area contributed by atoms with Gasteiger partial charge in [0.2, 0.25) is 5.91 Å². The van der Waals surface area contributed by atoms with Crippen LogP contribution in [0.15, 0.2) is 48.6 Å². The molecule has 43 heavy (non-hydrogen) atoms. The van der Waals surface area contributed by atoms with Gasteiger partial charge in [-0.1, -0.05) is 94.6 Å². The summed E-state index contributed by atoms with van der Waals surface area (Å²) in [6.07, 6.45) is 29.3. The molecule has 250 valence electrons. The Hall–Kier alpha value is -1.58. The first-order chi connectivity index (χ1) is 20.8. The second-order valence-electron chi connectivity index (χ2n) is 10.8. The fourth-order valence-electron chi connectivity index (χ4n) is 4.21. The summed E-state index contributed by atoms with van der Waals surface area (Å²) in [6.45, 7) is 3.74. The van der Waals surface area contributed by atoms with Crippen molar-refractivity contribution in [1.29, 1.82) is 0 Å². The van der Waals surface area contributed by atoms with Gasteiger partial charge in [-0.15, -0.1) is 0 Å². The van der Waals surface area contributed by atoms with Crippen LogP contribution in [0.2, 0.25) is 0 Å². The molecule has 6 N–H and O–H groups in total. The molecule has 0 aromatic carbocycles. The maximum atomic E-state index is 12.6. The van der Waals surface area contributed by atoms with E-state index in [4.69, 9.17) is 14.8 Å². The summed E-state index contributed by atoms with van der Waals surface area (Å²) in [4.78, 5) is 22.5. The van der Waals surface area contributed by atoms with Gasteiger partial charge in [0.05, 0.1) is 37.9 Å². The van der Waals surface area contributed by atoms with E-state index in [0.29, 0.717) is 12.8 Å². The number of hydrogen-bond acceptors (Lipinski definition) is 7. The maximum Gasteiger partial charge on any atom is 0.472 e. The largest absolute Gasteiger partial charge is 0.472 e. The molecule has 0 bridgehead atoms. The predicted molar refractivity (Wildman–Crippen MR) is 177 cm³/mol. The van der Waals surface area contributed by atoms with Gasteiger partial charge in [0.25, 0.3) is 0 Å². The topological polar surface area (TPSA) is 151 Å². The Kier molecular flexibility index (Phi) is 28.1. The lowest BCUT2D eigenvalue weighted by atomic mass is 10.1. The van der Waals surface area contributed by atoms with E-state index in [2.05, 4.69) is 55.6 Å². The van der Waals surface area contributed by atoms with Gasteiger partial charge in [-0.05, 0) is 64.2 Å². The fourth-order valence-corrected chi connectivity index (χ4v) is 4.97. The lowest BCUT2D eigenvalue weighted by Crippen LogP contribution is -2.46. The van der Waals surface area contributed by atoms with Crippen molar-refractivity contribution in [3.05, 3.63) is 48.6 Å². The molecule has 0 saturated carbocycles. The quantitative estimate of drug-likeness (QED) is 0.0345. The monoisotopic (exact) mass is 628 g/mol. The molecule has 0 fully saturated rings. The summed E-state index contributed by atoms with van der Waals surface area (Å²) in [7, 11) is -4.40. The molecule has 0 heterocycles. The predicted octanol–water partition coefficient (Wildman–Crippen LogP) is 6.79. The van der Waals surface area contributed by atoms with Crippen LogP contribution in [0.1, 0.15) is 117 Å². The van der Waals surface area contributed by atoms with Gasteiger partial charge >= 0.3 is 7.82 Å². The minimum Gasteiger partial charge on any atom is -0.393 e. The van der Waals surface area contributed by atoms with Crippen LogP contribution < -0.4 is 11.1 Å². The molecular weight excluding hydrogens is 567 g/mol.